The molecular formula is C95H186O17P2. The zero-order valence-corrected chi connectivity index (χ0v) is 77.2. The normalized spacial score (nSPS) is 14.1. The molecule has 0 heterocycles. The standard InChI is InChI=1S/C95H186O17P2/c1-7-11-13-15-17-19-20-21-22-23-24-25-26-34-39-44-49-55-61-67-73-79-94(99)111-90(83-105-92(97)77-71-65-59-51-18-16-14-12-8-2)85-109-113(101,102)107-81-89(96)82-108-114(103,104)110-86-91(112-95(100)80-74-68-62-56-50-45-40-35-30-28-32-37-42-47-53-58-64-70-76-88(6)10-4)84-106-93(98)78-72-66-60-54-48-43-38-33-29-27-31-36-41-46-52-57-63-69-75-87(5)9-3/h87-91,96H,7-86H2,1-6H3,(H,101,102)(H,103,104)/t87?,88?,89-,90+,91+/m0/s1. The summed E-state index contributed by atoms with van der Waals surface area (Å²) in [7, 11) is -9.94. The number of hydrogen-bond donors (Lipinski definition) is 3. The smallest absolute Gasteiger partial charge is 0.462 e. The molecule has 19 heteroatoms. The number of carbonyl (C=O) groups excluding carboxylic acids is 4. The number of ether oxygens (including phenoxy) is 4. The van der Waals surface area contributed by atoms with E-state index in [-0.39, 0.29) is 25.7 Å². The summed E-state index contributed by atoms with van der Waals surface area (Å²) in [6.45, 7) is 9.84. The highest BCUT2D eigenvalue weighted by Gasteiger charge is 2.31. The maximum atomic E-state index is 13.2. The van der Waals surface area contributed by atoms with Crippen molar-refractivity contribution in [2.75, 3.05) is 39.6 Å². The number of esters is 4. The van der Waals surface area contributed by atoms with Crippen molar-refractivity contribution in [3.63, 3.8) is 0 Å². The van der Waals surface area contributed by atoms with Crippen LogP contribution in [0.5, 0.6) is 0 Å². The van der Waals surface area contributed by atoms with Gasteiger partial charge in [0, 0.05) is 25.7 Å². The van der Waals surface area contributed by atoms with Gasteiger partial charge in [-0.2, -0.15) is 0 Å². The summed E-state index contributed by atoms with van der Waals surface area (Å²) in [5.41, 5.74) is 0. The van der Waals surface area contributed by atoms with Gasteiger partial charge in [0.2, 0.25) is 0 Å². The van der Waals surface area contributed by atoms with Crippen molar-refractivity contribution in [3.8, 4) is 0 Å². The largest absolute Gasteiger partial charge is 0.472 e. The van der Waals surface area contributed by atoms with Crippen molar-refractivity contribution in [2.24, 2.45) is 11.8 Å². The molecule has 17 nitrogen and oxygen atoms in total. The van der Waals surface area contributed by atoms with Crippen molar-refractivity contribution in [1.29, 1.82) is 0 Å². The van der Waals surface area contributed by atoms with Crippen molar-refractivity contribution in [2.45, 2.75) is 535 Å². The molecule has 0 aromatic heterocycles. The molecule has 0 spiro atoms. The average molecular weight is 1660 g/mol. The Balaban J connectivity index is 5.18. The zero-order chi connectivity index (χ0) is 83.4. The lowest BCUT2D eigenvalue weighted by Crippen LogP contribution is -2.30. The molecule has 0 fully saturated rings. The van der Waals surface area contributed by atoms with E-state index in [2.05, 4.69) is 41.5 Å². The fourth-order valence-electron chi connectivity index (χ4n) is 14.9. The molecule has 0 aliphatic carbocycles. The van der Waals surface area contributed by atoms with E-state index < -0.39 is 97.5 Å². The number of phosphoric ester groups is 2. The molecule has 0 saturated carbocycles. The van der Waals surface area contributed by atoms with E-state index in [4.69, 9.17) is 37.0 Å². The van der Waals surface area contributed by atoms with Crippen molar-refractivity contribution in [3.05, 3.63) is 0 Å². The van der Waals surface area contributed by atoms with Crippen LogP contribution >= 0.6 is 15.6 Å². The molecule has 3 N–H and O–H groups in total. The van der Waals surface area contributed by atoms with Crippen LogP contribution in [0.15, 0.2) is 0 Å². The third-order valence-electron chi connectivity index (χ3n) is 23.2. The van der Waals surface area contributed by atoms with Gasteiger partial charge in [-0.15, -0.1) is 0 Å². The Labute approximate surface area is 702 Å². The lowest BCUT2D eigenvalue weighted by molar-refractivity contribution is -0.161. The highest BCUT2D eigenvalue weighted by molar-refractivity contribution is 7.47. The van der Waals surface area contributed by atoms with E-state index in [1.54, 1.807) is 0 Å². The fourth-order valence-corrected chi connectivity index (χ4v) is 16.5. The molecule has 4 unspecified atom stereocenters. The first kappa shape index (κ1) is 112. The van der Waals surface area contributed by atoms with Gasteiger partial charge in [-0.1, -0.05) is 465 Å². The minimum absolute atomic E-state index is 0.109. The maximum absolute atomic E-state index is 13.2. The van der Waals surface area contributed by atoms with Gasteiger partial charge in [0.05, 0.1) is 26.4 Å². The monoisotopic (exact) mass is 1660 g/mol. The van der Waals surface area contributed by atoms with Crippen LogP contribution in [-0.2, 0) is 65.4 Å². The van der Waals surface area contributed by atoms with E-state index in [0.717, 1.165) is 102 Å². The molecule has 0 aliphatic heterocycles. The van der Waals surface area contributed by atoms with E-state index in [1.165, 1.54) is 334 Å². The second kappa shape index (κ2) is 86.0. The van der Waals surface area contributed by atoms with Gasteiger partial charge in [-0.05, 0) is 37.5 Å². The lowest BCUT2D eigenvalue weighted by atomic mass is 9.99. The third kappa shape index (κ3) is 85.1. The van der Waals surface area contributed by atoms with Gasteiger partial charge in [0.1, 0.15) is 19.3 Å². The van der Waals surface area contributed by atoms with Gasteiger partial charge in [-0.3, -0.25) is 37.3 Å². The second-order valence-corrected chi connectivity index (χ2v) is 37.5. The Morgan fingerprint density at radius 2 is 0.421 bits per heavy atom. The first-order valence-corrected chi connectivity index (χ1v) is 52.1. The number of aliphatic hydroxyl groups is 1. The summed E-state index contributed by atoms with van der Waals surface area (Å²) in [4.78, 5) is 73.4. The number of phosphoric acid groups is 2. The molecule has 114 heavy (non-hydrogen) atoms. The number of hydrogen-bond acceptors (Lipinski definition) is 15. The first-order chi connectivity index (χ1) is 55.4. The molecule has 0 aromatic rings. The van der Waals surface area contributed by atoms with Crippen LogP contribution in [0.2, 0.25) is 0 Å². The van der Waals surface area contributed by atoms with E-state index in [9.17, 15) is 43.2 Å². The Hall–Kier alpha value is -1.94. The molecule has 678 valence electrons. The van der Waals surface area contributed by atoms with Gasteiger partial charge < -0.3 is 33.8 Å². The summed E-state index contributed by atoms with van der Waals surface area (Å²) in [6.07, 6.45) is 82.1. The summed E-state index contributed by atoms with van der Waals surface area (Å²) >= 11 is 0. The van der Waals surface area contributed by atoms with Crippen LogP contribution in [0.4, 0.5) is 0 Å². The van der Waals surface area contributed by atoms with E-state index >= 15 is 0 Å². The predicted molar refractivity (Wildman–Crippen MR) is 474 cm³/mol. The van der Waals surface area contributed by atoms with E-state index in [1.807, 2.05) is 0 Å². The summed E-state index contributed by atoms with van der Waals surface area (Å²) in [5, 5.41) is 10.7. The van der Waals surface area contributed by atoms with Crippen LogP contribution in [-0.4, -0.2) is 96.7 Å². The Bertz CT molecular complexity index is 2170. The maximum Gasteiger partial charge on any atom is 0.472 e. The zero-order valence-electron chi connectivity index (χ0n) is 75.4. The Morgan fingerprint density at radius 3 is 0.623 bits per heavy atom. The minimum atomic E-state index is -4.97. The van der Waals surface area contributed by atoms with Gasteiger partial charge >= 0.3 is 39.5 Å². The van der Waals surface area contributed by atoms with Crippen LogP contribution in [0.25, 0.3) is 0 Å². The number of aliphatic hydroxyl groups excluding tert-OH is 1. The summed E-state index contributed by atoms with van der Waals surface area (Å²) in [6, 6.07) is 0. The van der Waals surface area contributed by atoms with Crippen LogP contribution in [0.1, 0.15) is 517 Å². The number of unbranched alkanes of at least 4 members (excludes halogenated alkanes) is 62. The van der Waals surface area contributed by atoms with Crippen LogP contribution in [0, 0.1) is 11.8 Å². The van der Waals surface area contributed by atoms with Crippen molar-refractivity contribution in [1.82, 2.24) is 0 Å². The molecule has 0 amide bonds. The molecular weight excluding hydrogens is 1470 g/mol. The molecule has 7 atom stereocenters. The van der Waals surface area contributed by atoms with E-state index in [0.29, 0.717) is 25.7 Å². The first-order valence-electron chi connectivity index (χ1n) is 49.1. The molecule has 0 radical (unpaired) electrons. The van der Waals surface area contributed by atoms with Gasteiger partial charge in [0.25, 0.3) is 0 Å². The average Bonchev–Trinajstić information content (AvgIpc) is 0.901. The van der Waals surface area contributed by atoms with Gasteiger partial charge in [-0.25, -0.2) is 9.13 Å². The van der Waals surface area contributed by atoms with Crippen LogP contribution < -0.4 is 0 Å². The van der Waals surface area contributed by atoms with Crippen LogP contribution in [0.3, 0.4) is 0 Å². The molecule has 0 aromatic carbocycles. The Morgan fingerprint density at radius 1 is 0.246 bits per heavy atom. The summed E-state index contributed by atoms with van der Waals surface area (Å²) < 4.78 is 69.1. The quantitative estimate of drug-likeness (QED) is 0.0222. The Kier molecular flexibility index (Phi) is 84.6. The highest BCUT2D eigenvalue weighted by Crippen LogP contribution is 2.45. The second-order valence-electron chi connectivity index (χ2n) is 34.6. The molecule has 0 saturated heterocycles. The van der Waals surface area contributed by atoms with Crippen molar-refractivity contribution < 1.29 is 80.2 Å². The minimum Gasteiger partial charge on any atom is -0.462 e. The number of carbonyl (C=O) groups is 4. The van der Waals surface area contributed by atoms with Gasteiger partial charge in [0.15, 0.2) is 12.2 Å². The highest BCUT2D eigenvalue weighted by atomic mass is 31.2. The fraction of sp³-hybridized carbons (Fsp3) is 0.958. The number of rotatable bonds is 94. The topological polar surface area (TPSA) is 237 Å². The van der Waals surface area contributed by atoms with Crippen molar-refractivity contribution >= 4 is 39.5 Å². The third-order valence-corrected chi connectivity index (χ3v) is 25.1. The SMILES string of the molecule is CCCCCCCCCCCCCCCCCCCCCCCC(=O)O[C@H](COC(=O)CCCCCCCCCCC)COP(=O)(O)OC[C@H](O)COP(=O)(O)OC[C@@H](COC(=O)CCCCCCCCCCCCCCCCCCCCC(C)CC)OC(=O)CCCCCCCCCCCCCCCCCCCCC(C)CC. The molecule has 0 aliphatic rings. The predicted octanol–water partition coefficient (Wildman–Crippen LogP) is 29.7. The molecule has 0 bridgehead atoms. The molecule has 0 rings (SSSR count). The lowest BCUT2D eigenvalue weighted by Gasteiger charge is -2.21. The summed E-state index contributed by atoms with van der Waals surface area (Å²) in [5.74, 6) is -0.349.